The van der Waals surface area contributed by atoms with E-state index >= 15 is 0 Å². The van der Waals surface area contributed by atoms with Crippen LogP contribution in [-0.2, 0) is 0 Å². The van der Waals surface area contributed by atoms with E-state index in [2.05, 4.69) is 5.32 Å². The molecule has 21 heavy (non-hydrogen) atoms. The van der Waals surface area contributed by atoms with E-state index in [1.165, 1.54) is 0 Å². The molecule has 0 unspecified atom stereocenters. The molecule has 2 aromatic rings. The SMILES string of the molecule is CCNC(=O)N(C)C1c2ccccc2Oc2ccccc21. The Hall–Kier alpha value is -2.49. The van der Waals surface area contributed by atoms with E-state index in [-0.39, 0.29) is 12.1 Å². The fourth-order valence-corrected chi connectivity index (χ4v) is 2.70. The number of hydrogen-bond acceptors (Lipinski definition) is 2. The molecule has 0 saturated carbocycles. The Kier molecular flexibility index (Phi) is 3.52. The number of urea groups is 1. The number of ether oxygens (including phenoxy) is 1. The average molecular weight is 282 g/mol. The van der Waals surface area contributed by atoms with Gasteiger partial charge in [-0.05, 0) is 19.1 Å². The third-order valence-electron chi connectivity index (χ3n) is 3.68. The van der Waals surface area contributed by atoms with Crippen LogP contribution in [0.3, 0.4) is 0 Å². The number of nitrogens with zero attached hydrogens (tertiary/aromatic N) is 1. The van der Waals surface area contributed by atoms with Crippen molar-refractivity contribution in [2.75, 3.05) is 13.6 Å². The second-order valence-corrected chi connectivity index (χ2v) is 5.03. The maximum Gasteiger partial charge on any atom is 0.317 e. The van der Waals surface area contributed by atoms with Crippen LogP contribution in [0.15, 0.2) is 48.5 Å². The Morgan fingerprint density at radius 3 is 2.14 bits per heavy atom. The lowest BCUT2D eigenvalue weighted by atomic mass is 9.93. The highest BCUT2D eigenvalue weighted by molar-refractivity contribution is 5.75. The minimum absolute atomic E-state index is 0.0889. The van der Waals surface area contributed by atoms with Gasteiger partial charge in [0.1, 0.15) is 11.5 Å². The molecule has 2 aromatic carbocycles. The number of carbonyl (C=O) groups is 1. The highest BCUT2D eigenvalue weighted by atomic mass is 16.5. The van der Waals surface area contributed by atoms with Crippen molar-refractivity contribution in [3.8, 4) is 11.5 Å². The average Bonchev–Trinajstić information content (AvgIpc) is 2.52. The van der Waals surface area contributed by atoms with Crippen molar-refractivity contribution in [1.29, 1.82) is 0 Å². The van der Waals surface area contributed by atoms with Crippen LogP contribution in [0.1, 0.15) is 24.1 Å². The first-order chi connectivity index (χ1) is 10.2. The smallest absolute Gasteiger partial charge is 0.317 e. The molecule has 1 N–H and O–H groups in total. The minimum atomic E-state index is -0.141. The van der Waals surface area contributed by atoms with Gasteiger partial charge in [-0.3, -0.25) is 0 Å². The summed E-state index contributed by atoms with van der Waals surface area (Å²) in [7, 11) is 1.81. The van der Waals surface area contributed by atoms with Crippen molar-refractivity contribution < 1.29 is 9.53 Å². The van der Waals surface area contributed by atoms with Crippen molar-refractivity contribution in [2.45, 2.75) is 13.0 Å². The second kappa shape index (κ2) is 5.48. The molecule has 0 spiro atoms. The second-order valence-electron chi connectivity index (χ2n) is 5.03. The van der Waals surface area contributed by atoms with Crippen LogP contribution in [0.25, 0.3) is 0 Å². The predicted octanol–water partition coefficient (Wildman–Crippen LogP) is 3.54. The van der Waals surface area contributed by atoms with Gasteiger partial charge in [-0.25, -0.2) is 4.79 Å². The quantitative estimate of drug-likeness (QED) is 0.915. The van der Waals surface area contributed by atoms with E-state index in [4.69, 9.17) is 4.74 Å². The molecule has 1 aliphatic heterocycles. The van der Waals surface area contributed by atoms with Gasteiger partial charge in [0.15, 0.2) is 0 Å². The Balaban J connectivity index is 2.08. The van der Waals surface area contributed by atoms with Crippen molar-refractivity contribution in [1.82, 2.24) is 10.2 Å². The summed E-state index contributed by atoms with van der Waals surface area (Å²) < 4.78 is 5.94. The van der Waals surface area contributed by atoms with Crippen molar-refractivity contribution in [2.24, 2.45) is 0 Å². The number of fused-ring (bicyclic) bond motifs is 2. The van der Waals surface area contributed by atoms with Gasteiger partial charge in [0.25, 0.3) is 0 Å². The molecule has 108 valence electrons. The van der Waals surface area contributed by atoms with E-state index in [1.807, 2.05) is 62.5 Å². The zero-order chi connectivity index (χ0) is 14.8. The van der Waals surface area contributed by atoms with Crippen LogP contribution in [0.4, 0.5) is 4.79 Å². The molecule has 4 nitrogen and oxygen atoms in total. The van der Waals surface area contributed by atoms with E-state index in [0.717, 1.165) is 22.6 Å². The lowest BCUT2D eigenvalue weighted by molar-refractivity contribution is 0.196. The third kappa shape index (κ3) is 2.33. The van der Waals surface area contributed by atoms with Gasteiger partial charge in [0.2, 0.25) is 0 Å². The molecule has 1 aliphatic rings. The summed E-state index contributed by atoms with van der Waals surface area (Å²) in [5.41, 5.74) is 2.01. The Bertz CT molecular complexity index is 624. The number of amides is 2. The number of benzene rings is 2. The first kappa shape index (κ1) is 13.5. The molecule has 0 atom stereocenters. The third-order valence-corrected chi connectivity index (χ3v) is 3.68. The lowest BCUT2D eigenvalue weighted by Crippen LogP contribution is -2.40. The zero-order valence-corrected chi connectivity index (χ0v) is 12.2. The standard InChI is InChI=1S/C17H18N2O2/c1-3-18-17(20)19(2)16-12-8-4-6-10-14(12)21-15-11-7-5-9-13(15)16/h4-11,16H,3H2,1-2H3,(H,18,20). The summed E-state index contributed by atoms with van der Waals surface area (Å²) in [6.45, 7) is 2.52. The van der Waals surface area contributed by atoms with Gasteiger partial charge in [-0.2, -0.15) is 0 Å². The molecule has 0 aliphatic carbocycles. The van der Waals surface area contributed by atoms with E-state index in [9.17, 15) is 4.79 Å². The first-order valence-corrected chi connectivity index (χ1v) is 7.08. The monoisotopic (exact) mass is 282 g/mol. The number of para-hydroxylation sites is 2. The van der Waals surface area contributed by atoms with E-state index in [1.54, 1.807) is 4.90 Å². The zero-order valence-electron chi connectivity index (χ0n) is 12.2. The Morgan fingerprint density at radius 2 is 1.62 bits per heavy atom. The normalized spacial score (nSPS) is 12.9. The predicted molar refractivity (Wildman–Crippen MR) is 81.6 cm³/mol. The van der Waals surface area contributed by atoms with Crippen molar-refractivity contribution >= 4 is 6.03 Å². The molecule has 0 radical (unpaired) electrons. The first-order valence-electron chi connectivity index (χ1n) is 7.08. The van der Waals surface area contributed by atoms with Crippen LogP contribution in [0, 0.1) is 0 Å². The van der Waals surface area contributed by atoms with E-state index in [0.29, 0.717) is 6.54 Å². The van der Waals surface area contributed by atoms with Crippen LogP contribution in [0.2, 0.25) is 0 Å². The van der Waals surface area contributed by atoms with Crippen LogP contribution >= 0.6 is 0 Å². The van der Waals surface area contributed by atoms with Gasteiger partial charge >= 0.3 is 6.03 Å². The van der Waals surface area contributed by atoms with Gasteiger partial charge in [-0.1, -0.05) is 36.4 Å². The molecular formula is C17H18N2O2. The topological polar surface area (TPSA) is 41.6 Å². The molecule has 1 heterocycles. The van der Waals surface area contributed by atoms with Crippen molar-refractivity contribution in [3.05, 3.63) is 59.7 Å². The highest BCUT2D eigenvalue weighted by Crippen LogP contribution is 2.44. The molecule has 0 fully saturated rings. The van der Waals surface area contributed by atoms with Crippen LogP contribution < -0.4 is 10.1 Å². The van der Waals surface area contributed by atoms with Crippen LogP contribution in [-0.4, -0.2) is 24.5 Å². The summed E-state index contributed by atoms with van der Waals surface area (Å²) in [5, 5.41) is 2.85. The van der Waals surface area contributed by atoms with E-state index < -0.39 is 0 Å². The highest BCUT2D eigenvalue weighted by Gasteiger charge is 2.31. The van der Waals surface area contributed by atoms with Gasteiger partial charge in [-0.15, -0.1) is 0 Å². The summed E-state index contributed by atoms with van der Waals surface area (Å²) in [4.78, 5) is 14.0. The minimum Gasteiger partial charge on any atom is -0.457 e. The molecule has 0 aromatic heterocycles. The molecule has 2 amide bonds. The number of nitrogens with one attached hydrogen (secondary N) is 1. The molecular weight excluding hydrogens is 264 g/mol. The fraction of sp³-hybridized carbons (Fsp3) is 0.235. The number of hydrogen-bond donors (Lipinski definition) is 1. The molecule has 0 saturated heterocycles. The Labute approximate surface area is 124 Å². The van der Waals surface area contributed by atoms with Gasteiger partial charge in [0.05, 0.1) is 6.04 Å². The van der Waals surface area contributed by atoms with Gasteiger partial charge < -0.3 is 15.0 Å². The van der Waals surface area contributed by atoms with Crippen LogP contribution in [0.5, 0.6) is 11.5 Å². The number of rotatable bonds is 2. The number of carbonyl (C=O) groups excluding carboxylic acids is 1. The van der Waals surface area contributed by atoms with Crippen molar-refractivity contribution in [3.63, 3.8) is 0 Å². The summed E-state index contributed by atoms with van der Waals surface area (Å²) in [6.07, 6.45) is 0. The maximum absolute atomic E-state index is 12.2. The fourth-order valence-electron chi connectivity index (χ4n) is 2.70. The summed E-state index contributed by atoms with van der Waals surface area (Å²) in [6, 6.07) is 15.5. The molecule has 0 bridgehead atoms. The maximum atomic E-state index is 12.2. The Morgan fingerprint density at radius 1 is 1.10 bits per heavy atom. The molecule has 4 heteroatoms. The lowest BCUT2D eigenvalue weighted by Gasteiger charge is -2.34. The van der Waals surface area contributed by atoms with Gasteiger partial charge in [0, 0.05) is 24.7 Å². The largest absolute Gasteiger partial charge is 0.457 e. The summed E-state index contributed by atoms with van der Waals surface area (Å²) >= 11 is 0. The summed E-state index contributed by atoms with van der Waals surface area (Å²) in [5.74, 6) is 1.61. The molecule has 3 rings (SSSR count).